The number of pyridine rings is 1. The highest BCUT2D eigenvalue weighted by Gasteiger charge is 2.31. The van der Waals surface area contributed by atoms with Crippen LogP contribution in [0.15, 0.2) is 42.6 Å². The van der Waals surface area contributed by atoms with E-state index in [2.05, 4.69) is 4.98 Å². The lowest BCUT2D eigenvalue weighted by atomic mass is 9.97. The normalized spacial score (nSPS) is 14.8. The molecule has 1 aliphatic heterocycles. The predicted molar refractivity (Wildman–Crippen MR) is 101 cm³/mol. The molecule has 156 valence electrons. The fraction of sp³-hybridized carbons (Fsp3) is 0.333. The molecule has 1 aromatic heterocycles. The summed E-state index contributed by atoms with van der Waals surface area (Å²) in [4.78, 5) is 30.6. The molecule has 1 fully saturated rings. The molecule has 1 saturated heterocycles. The number of nitriles is 1. The molecule has 0 aliphatic carbocycles. The Bertz CT molecular complexity index is 960. The highest BCUT2D eigenvalue weighted by atomic mass is 19.4. The molecule has 0 amide bonds. The van der Waals surface area contributed by atoms with Crippen molar-refractivity contribution in [3.8, 4) is 6.07 Å². The number of anilines is 1. The summed E-state index contributed by atoms with van der Waals surface area (Å²) in [7, 11) is 0. The first-order chi connectivity index (χ1) is 14.3. The lowest BCUT2D eigenvalue weighted by Gasteiger charge is -2.31. The maximum atomic E-state index is 12.8. The molecule has 30 heavy (non-hydrogen) atoms. The van der Waals surface area contributed by atoms with Gasteiger partial charge in [0, 0.05) is 24.8 Å². The number of halogens is 3. The minimum atomic E-state index is -4.55. The van der Waals surface area contributed by atoms with Gasteiger partial charge in [-0.25, -0.2) is 4.98 Å². The van der Waals surface area contributed by atoms with Crippen molar-refractivity contribution in [2.24, 2.45) is 5.92 Å². The van der Waals surface area contributed by atoms with Gasteiger partial charge in [-0.05, 0) is 37.1 Å². The maximum Gasteiger partial charge on any atom is 0.416 e. The monoisotopic (exact) mass is 417 g/mol. The molecule has 2 heterocycles. The number of alkyl halides is 3. The first kappa shape index (κ1) is 21.3. The third-order valence-corrected chi connectivity index (χ3v) is 4.89. The predicted octanol–water partition coefficient (Wildman–Crippen LogP) is 3.61. The topological polar surface area (TPSA) is 83.3 Å². The van der Waals surface area contributed by atoms with Gasteiger partial charge in [0.05, 0.1) is 17.0 Å². The van der Waals surface area contributed by atoms with Crippen LogP contribution in [0.25, 0.3) is 0 Å². The van der Waals surface area contributed by atoms with Crippen molar-refractivity contribution >= 4 is 17.6 Å². The summed E-state index contributed by atoms with van der Waals surface area (Å²) in [6.07, 6.45) is -2.07. The summed E-state index contributed by atoms with van der Waals surface area (Å²) >= 11 is 0. The molecule has 0 N–H and O–H groups in total. The molecule has 1 aromatic carbocycles. The zero-order chi connectivity index (χ0) is 21.7. The minimum Gasteiger partial charge on any atom is -0.457 e. The van der Waals surface area contributed by atoms with Gasteiger partial charge < -0.3 is 9.64 Å². The number of aromatic nitrogens is 1. The molecule has 2 aromatic rings. The van der Waals surface area contributed by atoms with Gasteiger partial charge in [-0.1, -0.05) is 12.1 Å². The molecule has 0 bridgehead atoms. The number of carbonyl (C=O) groups is 2. The average Bonchev–Trinajstić information content (AvgIpc) is 2.77. The Morgan fingerprint density at radius 1 is 1.20 bits per heavy atom. The first-order valence-corrected chi connectivity index (χ1v) is 9.26. The van der Waals surface area contributed by atoms with Crippen LogP contribution >= 0.6 is 0 Å². The average molecular weight is 417 g/mol. The van der Waals surface area contributed by atoms with E-state index in [1.807, 2.05) is 11.0 Å². The van der Waals surface area contributed by atoms with E-state index in [0.29, 0.717) is 37.3 Å². The SMILES string of the molecule is N#Cc1ccc(N2CCC(C(=O)OCC(=O)c3cccc(C(F)(F)F)c3)CC2)nc1. The molecule has 0 atom stereocenters. The summed E-state index contributed by atoms with van der Waals surface area (Å²) in [6.45, 7) is 0.512. The minimum absolute atomic E-state index is 0.153. The van der Waals surface area contributed by atoms with Crippen molar-refractivity contribution < 1.29 is 27.5 Å². The molecule has 0 radical (unpaired) electrons. The van der Waals surface area contributed by atoms with Crippen molar-refractivity contribution in [3.63, 3.8) is 0 Å². The quantitative estimate of drug-likeness (QED) is 0.546. The number of ether oxygens (including phenoxy) is 1. The highest BCUT2D eigenvalue weighted by molar-refractivity contribution is 5.98. The van der Waals surface area contributed by atoms with Crippen molar-refractivity contribution in [2.75, 3.05) is 24.6 Å². The maximum absolute atomic E-state index is 12.8. The molecule has 0 saturated carbocycles. The summed E-state index contributed by atoms with van der Waals surface area (Å²) in [5, 5.41) is 8.82. The summed E-state index contributed by atoms with van der Waals surface area (Å²) < 4.78 is 43.3. The number of Topliss-reactive ketones (excluding diaryl/α,β-unsaturated/α-hetero) is 1. The number of carbonyl (C=O) groups excluding carboxylic acids is 2. The zero-order valence-corrected chi connectivity index (χ0v) is 15.9. The molecular formula is C21H18F3N3O3. The molecule has 1 aliphatic rings. The largest absolute Gasteiger partial charge is 0.457 e. The zero-order valence-electron chi connectivity index (χ0n) is 15.9. The number of hydrogen-bond acceptors (Lipinski definition) is 6. The number of hydrogen-bond donors (Lipinski definition) is 0. The number of ketones is 1. The van der Waals surface area contributed by atoms with Crippen LogP contribution in [0.3, 0.4) is 0 Å². The number of benzene rings is 1. The van der Waals surface area contributed by atoms with Crippen LogP contribution < -0.4 is 4.90 Å². The van der Waals surface area contributed by atoms with Crippen molar-refractivity contribution in [1.29, 1.82) is 5.26 Å². The summed E-state index contributed by atoms with van der Waals surface area (Å²) in [6, 6.07) is 9.43. The van der Waals surface area contributed by atoms with Crippen molar-refractivity contribution in [1.82, 2.24) is 4.98 Å². The molecule has 6 nitrogen and oxygen atoms in total. The van der Waals surface area contributed by atoms with E-state index in [-0.39, 0.29) is 5.56 Å². The van der Waals surface area contributed by atoms with E-state index >= 15 is 0 Å². The molecule has 3 rings (SSSR count). The highest BCUT2D eigenvalue weighted by Crippen LogP contribution is 2.29. The van der Waals surface area contributed by atoms with E-state index < -0.39 is 36.0 Å². The molecule has 0 unspecified atom stereocenters. The van der Waals surface area contributed by atoms with Gasteiger partial charge in [-0.15, -0.1) is 0 Å². The second-order valence-corrected chi connectivity index (χ2v) is 6.89. The second kappa shape index (κ2) is 8.95. The van der Waals surface area contributed by atoms with Crippen LogP contribution in [-0.4, -0.2) is 36.4 Å². The van der Waals surface area contributed by atoms with Crippen LogP contribution in [0.5, 0.6) is 0 Å². The van der Waals surface area contributed by atoms with Crippen LogP contribution in [0.1, 0.15) is 34.3 Å². The van der Waals surface area contributed by atoms with Crippen LogP contribution in [0, 0.1) is 17.2 Å². The lowest BCUT2D eigenvalue weighted by Crippen LogP contribution is -2.37. The Morgan fingerprint density at radius 2 is 1.93 bits per heavy atom. The van der Waals surface area contributed by atoms with Crippen LogP contribution in [0.4, 0.5) is 19.0 Å². The number of esters is 1. The van der Waals surface area contributed by atoms with Crippen LogP contribution in [0.2, 0.25) is 0 Å². The van der Waals surface area contributed by atoms with Crippen LogP contribution in [-0.2, 0) is 15.7 Å². The van der Waals surface area contributed by atoms with Gasteiger partial charge >= 0.3 is 12.1 Å². The standard InChI is InChI=1S/C21H18F3N3O3/c22-21(23,24)17-3-1-2-16(10-17)18(28)13-30-20(29)15-6-8-27(9-7-15)19-5-4-14(11-25)12-26-19/h1-5,10,12,15H,6-9,13H2. The van der Waals surface area contributed by atoms with Gasteiger partial charge in [0.25, 0.3) is 0 Å². The Balaban J connectivity index is 1.50. The van der Waals surface area contributed by atoms with Gasteiger partial charge in [0.15, 0.2) is 12.4 Å². The first-order valence-electron chi connectivity index (χ1n) is 9.26. The lowest BCUT2D eigenvalue weighted by molar-refractivity contribution is -0.148. The number of nitrogens with zero attached hydrogens (tertiary/aromatic N) is 3. The number of piperidine rings is 1. The Morgan fingerprint density at radius 3 is 2.53 bits per heavy atom. The van der Waals surface area contributed by atoms with E-state index in [1.54, 1.807) is 12.1 Å². The second-order valence-electron chi connectivity index (χ2n) is 6.89. The van der Waals surface area contributed by atoms with Gasteiger partial charge in [-0.2, -0.15) is 18.4 Å². The van der Waals surface area contributed by atoms with Gasteiger partial charge in [0.1, 0.15) is 11.9 Å². The molecular weight excluding hydrogens is 399 g/mol. The smallest absolute Gasteiger partial charge is 0.416 e. The van der Waals surface area contributed by atoms with Gasteiger partial charge in [-0.3, -0.25) is 9.59 Å². The van der Waals surface area contributed by atoms with E-state index in [4.69, 9.17) is 10.00 Å². The van der Waals surface area contributed by atoms with E-state index in [9.17, 15) is 22.8 Å². The molecule has 0 spiro atoms. The number of rotatable bonds is 5. The van der Waals surface area contributed by atoms with Crippen molar-refractivity contribution in [2.45, 2.75) is 19.0 Å². The molecule has 9 heteroatoms. The van der Waals surface area contributed by atoms with Gasteiger partial charge in [0.2, 0.25) is 0 Å². The summed E-state index contributed by atoms with van der Waals surface area (Å²) in [5.74, 6) is -0.911. The third-order valence-electron chi connectivity index (χ3n) is 4.89. The summed E-state index contributed by atoms with van der Waals surface area (Å²) in [5.41, 5.74) is -0.620. The fourth-order valence-corrected chi connectivity index (χ4v) is 3.19. The Labute approximate surface area is 170 Å². The fourth-order valence-electron chi connectivity index (χ4n) is 3.19. The van der Waals surface area contributed by atoms with E-state index in [1.165, 1.54) is 12.3 Å². The Hall–Kier alpha value is -3.41. The van der Waals surface area contributed by atoms with E-state index in [0.717, 1.165) is 18.2 Å². The third kappa shape index (κ3) is 5.14. The van der Waals surface area contributed by atoms with Crippen molar-refractivity contribution in [3.05, 3.63) is 59.3 Å². The Kier molecular flexibility index (Phi) is 6.35.